The number of ether oxygens (including phenoxy) is 2. The number of halogens is 5. The molecule has 1 unspecified atom stereocenters. The van der Waals surface area contributed by atoms with Crippen molar-refractivity contribution in [3.05, 3.63) is 67.6 Å². The zero-order chi connectivity index (χ0) is 20.6. The predicted octanol–water partition coefficient (Wildman–Crippen LogP) is 3.59. The van der Waals surface area contributed by atoms with E-state index >= 15 is 0 Å². The van der Waals surface area contributed by atoms with Gasteiger partial charge in [-0.1, -0.05) is 0 Å². The predicted molar refractivity (Wildman–Crippen MR) is 78.0 cm³/mol. The molecule has 0 fully saturated rings. The summed E-state index contributed by atoms with van der Waals surface area (Å²) < 4.78 is 78.1. The second kappa shape index (κ2) is 7.21. The first-order chi connectivity index (χ1) is 12.5. The van der Waals surface area contributed by atoms with Gasteiger partial charge in [-0.15, -0.1) is 0 Å². The third-order valence-electron chi connectivity index (χ3n) is 3.75. The van der Waals surface area contributed by atoms with E-state index in [4.69, 9.17) is 4.74 Å². The number of nitrogens with one attached hydrogen (secondary N) is 1. The maximum atomic E-state index is 14.3. The summed E-state index contributed by atoms with van der Waals surface area (Å²) in [6.07, 6.45) is -1.41. The van der Waals surface area contributed by atoms with E-state index in [1.54, 1.807) is 0 Å². The zero-order valence-corrected chi connectivity index (χ0v) is 14.0. The zero-order valence-electron chi connectivity index (χ0n) is 14.0. The highest BCUT2D eigenvalue weighted by Crippen LogP contribution is 2.42. The average Bonchev–Trinajstić information content (AvgIpc) is 2.60. The fourth-order valence-corrected chi connectivity index (χ4v) is 2.62. The van der Waals surface area contributed by atoms with Crippen molar-refractivity contribution in [2.24, 2.45) is 0 Å². The van der Waals surface area contributed by atoms with Crippen molar-refractivity contribution in [1.82, 2.24) is 5.32 Å². The van der Waals surface area contributed by atoms with Crippen LogP contribution in [-0.4, -0.2) is 18.2 Å². The number of allylic oxidation sites excluding steroid dienone is 2. The van der Waals surface area contributed by atoms with Crippen LogP contribution in [0.25, 0.3) is 0 Å². The number of nitrogens with zero attached hydrogens (tertiary/aromatic N) is 1. The van der Waals surface area contributed by atoms with Crippen molar-refractivity contribution < 1.29 is 41.1 Å². The van der Waals surface area contributed by atoms with Crippen LogP contribution in [0.4, 0.5) is 26.7 Å². The van der Waals surface area contributed by atoms with Crippen LogP contribution in [0, 0.1) is 39.2 Å². The molecule has 12 heteroatoms. The molecule has 0 saturated heterocycles. The minimum atomic E-state index is -2.43. The summed E-state index contributed by atoms with van der Waals surface area (Å²) in [5.74, 6) is -14.5. The van der Waals surface area contributed by atoms with Crippen LogP contribution in [-0.2, 0) is 9.47 Å². The number of hydrogen-bond acceptors (Lipinski definition) is 6. The van der Waals surface area contributed by atoms with Crippen LogP contribution in [0.1, 0.15) is 25.3 Å². The second-order valence-electron chi connectivity index (χ2n) is 5.35. The lowest BCUT2D eigenvalue weighted by Gasteiger charge is -2.26. The molecule has 0 spiro atoms. The summed E-state index contributed by atoms with van der Waals surface area (Å²) >= 11 is 0. The van der Waals surface area contributed by atoms with Gasteiger partial charge in [0, 0.05) is 0 Å². The molecular formula is C15H11F5N2O5. The first-order valence-electron chi connectivity index (χ1n) is 7.12. The molecule has 2 rings (SSSR count). The fraction of sp³-hybridized carbons (Fsp3) is 0.267. The molecule has 0 aliphatic carbocycles. The first-order valence-corrected chi connectivity index (χ1v) is 7.12. The minimum absolute atomic E-state index is 0.127. The Morgan fingerprint density at radius 3 is 1.93 bits per heavy atom. The maximum absolute atomic E-state index is 14.3. The van der Waals surface area contributed by atoms with Gasteiger partial charge in [0.25, 0.3) is 5.70 Å². The molecule has 27 heavy (non-hydrogen) atoms. The highest BCUT2D eigenvalue weighted by molar-refractivity contribution is 5.62. The SMILES string of the molecule is COC(=O)OC1=C(C)NC(C)=C([N+](=O)[O-])C1c1c(F)c(F)c(F)c(F)c1F. The van der Waals surface area contributed by atoms with Gasteiger partial charge in [0.2, 0.25) is 5.82 Å². The van der Waals surface area contributed by atoms with E-state index in [9.17, 15) is 36.9 Å². The Hall–Kier alpha value is -3.18. The third-order valence-corrected chi connectivity index (χ3v) is 3.75. The van der Waals surface area contributed by atoms with Gasteiger partial charge in [-0.25, -0.2) is 26.7 Å². The molecular weight excluding hydrogens is 383 g/mol. The number of methoxy groups -OCH3 is 1. The topological polar surface area (TPSA) is 90.7 Å². The van der Waals surface area contributed by atoms with E-state index in [0.29, 0.717) is 0 Å². The Balaban J connectivity index is 2.87. The van der Waals surface area contributed by atoms with E-state index in [2.05, 4.69) is 10.1 Å². The van der Waals surface area contributed by atoms with Crippen LogP contribution in [0.2, 0.25) is 0 Å². The molecule has 0 bridgehead atoms. The third kappa shape index (κ3) is 3.29. The molecule has 0 aromatic heterocycles. The summed E-state index contributed by atoms with van der Waals surface area (Å²) in [7, 11) is 0.886. The monoisotopic (exact) mass is 394 g/mol. The average molecular weight is 394 g/mol. The van der Waals surface area contributed by atoms with Crippen molar-refractivity contribution in [3.63, 3.8) is 0 Å². The molecule has 146 valence electrons. The van der Waals surface area contributed by atoms with E-state index in [1.807, 2.05) is 0 Å². The van der Waals surface area contributed by atoms with Gasteiger partial charge in [0.05, 0.1) is 29.0 Å². The Kier molecular flexibility index (Phi) is 5.38. The summed E-state index contributed by atoms with van der Waals surface area (Å²) in [5.41, 5.74) is -2.87. The van der Waals surface area contributed by atoms with Crippen molar-refractivity contribution in [1.29, 1.82) is 0 Å². The molecule has 0 amide bonds. The Bertz CT molecular complexity index is 883. The molecule has 0 saturated carbocycles. The quantitative estimate of drug-likeness (QED) is 0.210. The largest absolute Gasteiger partial charge is 0.513 e. The van der Waals surface area contributed by atoms with Gasteiger partial charge in [-0.2, -0.15) is 0 Å². The van der Waals surface area contributed by atoms with Crippen molar-refractivity contribution >= 4 is 6.16 Å². The van der Waals surface area contributed by atoms with Gasteiger partial charge < -0.3 is 14.8 Å². The number of rotatable bonds is 3. The Morgan fingerprint density at radius 1 is 1.00 bits per heavy atom. The molecule has 1 aliphatic rings. The number of dihydropyridines is 1. The number of hydrogen-bond donors (Lipinski definition) is 1. The number of carbonyl (C=O) groups is 1. The number of nitro groups is 1. The first kappa shape index (κ1) is 20.1. The molecule has 1 N–H and O–H groups in total. The lowest BCUT2D eigenvalue weighted by Crippen LogP contribution is -2.31. The van der Waals surface area contributed by atoms with Gasteiger partial charge in [-0.05, 0) is 13.8 Å². The van der Waals surface area contributed by atoms with Crippen molar-refractivity contribution in [3.8, 4) is 0 Å². The molecule has 1 aliphatic heterocycles. The van der Waals surface area contributed by atoms with Gasteiger partial charge in [0.15, 0.2) is 23.3 Å². The van der Waals surface area contributed by atoms with Crippen molar-refractivity contribution in [2.75, 3.05) is 7.11 Å². The minimum Gasteiger partial charge on any atom is -0.437 e. The summed E-state index contributed by atoms with van der Waals surface area (Å²) in [4.78, 5) is 21.8. The highest BCUT2D eigenvalue weighted by atomic mass is 19.2. The maximum Gasteiger partial charge on any atom is 0.513 e. The molecule has 0 radical (unpaired) electrons. The normalized spacial score (nSPS) is 17.0. The van der Waals surface area contributed by atoms with Crippen molar-refractivity contribution in [2.45, 2.75) is 19.8 Å². The van der Waals surface area contributed by atoms with E-state index in [1.165, 1.54) is 6.92 Å². The molecule has 1 heterocycles. The van der Waals surface area contributed by atoms with E-state index < -0.39 is 63.1 Å². The number of carbonyl (C=O) groups excluding carboxylic acids is 1. The van der Waals surface area contributed by atoms with Crippen LogP contribution in [0.5, 0.6) is 0 Å². The molecule has 1 aromatic rings. The molecule has 7 nitrogen and oxygen atoms in total. The van der Waals surface area contributed by atoms with E-state index in [0.717, 1.165) is 14.0 Å². The van der Waals surface area contributed by atoms with Gasteiger partial charge >= 0.3 is 6.16 Å². The van der Waals surface area contributed by atoms with Crippen LogP contribution < -0.4 is 5.32 Å². The lowest BCUT2D eigenvalue weighted by atomic mass is 9.88. The van der Waals surface area contributed by atoms with E-state index in [-0.39, 0.29) is 11.4 Å². The molecule has 1 atom stereocenters. The number of benzene rings is 1. The van der Waals surface area contributed by atoms with Gasteiger partial charge in [-0.3, -0.25) is 10.1 Å². The molecule has 1 aromatic carbocycles. The van der Waals surface area contributed by atoms with Gasteiger partial charge in [0.1, 0.15) is 11.7 Å². The summed E-state index contributed by atoms with van der Waals surface area (Å²) in [6, 6.07) is 0. The summed E-state index contributed by atoms with van der Waals surface area (Å²) in [6.45, 7) is 2.37. The Labute approximate surface area is 148 Å². The highest BCUT2D eigenvalue weighted by Gasteiger charge is 2.45. The second-order valence-corrected chi connectivity index (χ2v) is 5.35. The van der Waals surface area contributed by atoms with Crippen LogP contribution in [0.15, 0.2) is 22.9 Å². The summed E-state index contributed by atoms with van der Waals surface area (Å²) in [5, 5.41) is 13.9. The van der Waals surface area contributed by atoms with Crippen LogP contribution in [0.3, 0.4) is 0 Å². The fourth-order valence-electron chi connectivity index (χ4n) is 2.62. The smallest absolute Gasteiger partial charge is 0.437 e. The Morgan fingerprint density at radius 2 is 1.48 bits per heavy atom. The van der Waals surface area contributed by atoms with Crippen LogP contribution >= 0.6 is 0 Å². The standard InChI is InChI=1S/C15H11F5N2O5/c1-4-13(22(24)25)7(14(5(2)21-4)27-15(23)26-3)6-8(16)10(18)12(20)11(19)9(6)17/h7,21H,1-3H3. The lowest BCUT2D eigenvalue weighted by molar-refractivity contribution is -0.431.